The topological polar surface area (TPSA) is 0 Å². The Labute approximate surface area is 100 Å². The summed E-state index contributed by atoms with van der Waals surface area (Å²) in [5.74, 6) is 0. The largest absolute Gasteiger partial charge is 0.0991 e. The van der Waals surface area contributed by atoms with Gasteiger partial charge in [0.15, 0.2) is 0 Å². The first-order chi connectivity index (χ1) is 7.62. The van der Waals surface area contributed by atoms with Crippen molar-refractivity contribution < 1.29 is 0 Å². The molecule has 0 aliphatic rings. The van der Waals surface area contributed by atoms with Gasteiger partial charge in [0.1, 0.15) is 0 Å². The summed E-state index contributed by atoms with van der Waals surface area (Å²) < 4.78 is 0. The molecule has 86 valence electrons. The van der Waals surface area contributed by atoms with Crippen molar-refractivity contribution in [2.75, 3.05) is 0 Å². The van der Waals surface area contributed by atoms with Gasteiger partial charge in [-0.25, -0.2) is 0 Å². The Hall–Kier alpha value is -1.56. The minimum absolute atomic E-state index is 1.22. The smallest absolute Gasteiger partial charge is 0.0198 e. The van der Waals surface area contributed by atoms with Gasteiger partial charge in [-0.1, -0.05) is 49.6 Å². The first-order valence-electron chi connectivity index (χ1n) is 5.54. The molecule has 0 nitrogen and oxygen atoms in total. The fourth-order valence-electron chi connectivity index (χ4n) is 1.72. The normalized spacial score (nSPS) is 15.0. The summed E-state index contributed by atoms with van der Waals surface area (Å²) in [6.45, 7) is 15.8. The van der Waals surface area contributed by atoms with Gasteiger partial charge >= 0.3 is 0 Å². The molecule has 0 unspecified atom stereocenters. The van der Waals surface area contributed by atoms with Crippen LogP contribution in [0.5, 0.6) is 0 Å². The highest BCUT2D eigenvalue weighted by atomic mass is 14.1. The lowest BCUT2D eigenvalue weighted by Gasteiger charge is -2.12. The Balaban J connectivity index is 5.41. The molecule has 0 aliphatic heterocycles. The van der Waals surface area contributed by atoms with E-state index in [0.29, 0.717) is 0 Å². The van der Waals surface area contributed by atoms with Gasteiger partial charge in [-0.15, -0.1) is 0 Å². The van der Waals surface area contributed by atoms with Crippen LogP contribution in [0.15, 0.2) is 71.9 Å². The van der Waals surface area contributed by atoms with Gasteiger partial charge in [0.2, 0.25) is 0 Å². The third-order valence-electron chi connectivity index (χ3n) is 2.45. The number of rotatable bonds is 5. The molecule has 0 spiro atoms. The number of allylic oxidation sites excluding steroid dienone is 10. The van der Waals surface area contributed by atoms with Crippen molar-refractivity contribution in [1.82, 2.24) is 0 Å². The van der Waals surface area contributed by atoms with Crippen LogP contribution in [0.4, 0.5) is 0 Å². The first kappa shape index (κ1) is 14.4. The van der Waals surface area contributed by atoms with Crippen molar-refractivity contribution in [3.8, 4) is 0 Å². The highest BCUT2D eigenvalue weighted by molar-refractivity contribution is 5.55. The van der Waals surface area contributed by atoms with Crippen LogP contribution in [-0.4, -0.2) is 0 Å². The van der Waals surface area contributed by atoms with E-state index in [2.05, 4.69) is 53.0 Å². The number of hydrogen-bond acceptors (Lipinski definition) is 0. The van der Waals surface area contributed by atoms with Gasteiger partial charge in [-0.3, -0.25) is 0 Å². The van der Waals surface area contributed by atoms with Crippen molar-refractivity contribution in [2.45, 2.75) is 27.7 Å². The molecule has 0 amide bonds. The molecule has 0 fully saturated rings. The van der Waals surface area contributed by atoms with E-state index in [1.54, 1.807) is 0 Å². The zero-order chi connectivity index (χ0) is 12.6. The molecule has 0 saturated heterocycles. The van der Waals surface area contributed by atoms with E-state index in [1.807, 2.05) is 24.3 Å². The Kier molecular flexibility index (Phi) is 6.95. The predicted molar refractivity (Wildman–Crippen MR) is 75.4 cm³/mol. The zero-order valence-corrected chi connectivity index (χ0v) is 10.9. The van der Waals surface area contributed by atoms with Gasteiger partial charge in [-0.2, -0.15) is 0 Å². The summed E-state index contributed by atoms with van der Waals surface area (Å²) in [6.07, 6.45) is 12.0. The Morgan fingerprint density at radius 2 is 1.06 bits per heavy atom. The molecule has 0 aromatic carbocycles. The summed E-state index contributed by atoms with van der Waals surface area (Å²) >= 11 is 0. The Morgan fingerprint density at radius 1 is 0.750 bits per heavy atom. The van der Waals surface area contributed by atoms with E-state index in [4.69, 9.17) is 0 Å². The molecule has 0 bridgehead atoms. The fraction of sp³-hybridized carbons (Fsp3) is 0.250. The molecule has 0 aromatic heterocycles. The average molecular weight is 214 g/mol. The monoisotopic (exact) mass is 214 g/mol. The molecule has 0 heteroatoms. The second-order valence-corrected chi connectivity index (χ2v) is 3.58. The molecular formula is C16H22. The van der Waals surface area contributed by atoms with Crippen LogP contribution < -0.4 is 0 Å². The van der Waals surface area contributed by atoms with Crippen molar-refractivity contribution >= 4 is 0 Å². The van der Waals surface area contributed by atoms with Crippen LogP contribution in [0.2, 0.25) is 0 Å². The lowest BCUT2D eigenvalue weighted by Crippen LogP contribution is -1.93. The van der Waals surface area contributed by atoms with Crippen LogP contribution in [0.1, 0.15) is 27.7 Å². The van der Waals surface area contributed by atoms with Crippen LogP contribution in [-0.2, 0) is 0 Å². The third-order valence-corrected chi connectivity index (χ3v) is 2.45. The molecule has 0 aromatic rings. The standard InChI is InChI=1S/C16H22/c1-7-11-13(5)15(9-3)16(10-4)14(6)12-8-2/h7-12H,1-2H2,3-6H3/b13-11-,14-12-,15-9+,16-10+. The predicted octanol–water partition coefficient (Wildman–Crippen LogP) is 5.14. The van der Waals surface area contributed by atoms with Crippen molar-refractivity contribution in [3.05, 3.63) is 71.9 Å². The van der Waals surface area contributed by atoms with Gasteiger partial charge in [0, 0.05) is 0 Å². The van der Waals surface area contributed by atoms with E-state index in [9.17, 15) is 0 Å². The number of hydrogen-bond donors (Lipinski definition) is 0. The Morgan fingerprint density at radius 3 is 1.25 bits per heavy atom. The minimum atomic E-state index is 1.22. The highest BCUT2D eigenvalue weighted by Gasteiger charge is 2.06. The lowest BCUT2D eigenvalue weighted by molar-refractivity contribution is 1.28. The average Bonchev–Trinajstić information content (AvgIpc) is 2.25. The maximum atomic E-state index is 3.73. The molecule has 0 rings (SSSR count). The van der Waals surface area contributed by atoms with Crippen LogP contribution in [0.3, 0.4) is 0 Å². The van der Waals surface area contributed by atoms with Crippen molar-refractivity contribution in [2.24, 2.45) is 0 Å². The van der Waals surface area contributed by atoms with E-state index in [-0.39, 0.29) is 0 Å². The summed E-state index contributed by atoms with van der Waals surface area (Å²) in [6, 6.07) is 0. The summed E-state index contributed by atoms with van der Waals surface area (Å²) in [7, 11) is 0. The lowest BCUT2D eigenvalue weighted by atomic mass is 9.92. The maximum Gasteiger partial charge on any atom is -0.0198 e. The molecule has 0 atom stereocenters. The fourth-order valence-corrected chi connectivity index (χ4v) is 1.72. The third kappa shape index (κ3) is 3.90. The summed E-state index contributed by atoms with van der Waals surface area (Å²) in [5, 5.41) is 0. The molecule has 0 radical (unpaired) electrons. The second kappa shape index (κ2) is 7.70. The van der Waals surface area contributed by atoms with Gasteiger partial charge < -0.3 is 0 Å². The Bertz CT molecular complexity index is 333. The quantitative estimate of drug-likeness (QED) is 0.556. The maximum absolute atomic E-state index is 3.73. The van der Waals surface area contributed by atoms with Crippen LogP contribution in [0, 0.1) is 0 Å². The molecule has 0 heterocycles. The van der Waals surface area contributed by atoms with Crippen molar-refractivity contribution in [3.63, 3.8) is 0 Å². The molecular weight excluding hydrogens is 192 g/mol. The minimum Gasteiger partial charge on any atom is -0.0991 e. The van der Waals surface area contributed by atoms with E-state index < -0.39 is 0 Å². The molecule has 0 aliphatic carbocycles. The highest BCUT2D eigenvalue weighted by Crippen LogP contribution is 2.25. The van der Waals surface area contributed by atoms with E-state index in [0.717, 1.165) is 0 Å². The zero-order valence-electron chi connectivity index (χ0n) is 10.9. The molecule has 0 N–H and O–H groups in total. The summed E-state index contributed by atoms with van der Waals surface area (Å²) in [5.41, 5.74) is 4.95. The van der Waals surface area contributed by atoms with Crippen molar-refractivity contribution in [1.29, 1.82) is 0 Å². The SMILES string of the molecule is C=C\C=C(C)/C(=C\C)C(=C/C)/C(C)=C\C=C. The summed E-state index contributed by atoms with van der Waals surface area (Å²) in [4.78, 5) is 0. The second-order valence-electron chi connectivity index (χ2n) is 3.58. The first-order valence-corrected chi connectivity index (χ1v) is 5.54. The van der Waals surface area contributed by atoms with Crippen LogP contribution >= 0.6 is 0 Å². The van der Waals surface area contributed by atoms with Gasteiger partial charge in [-0.05, 0) is 50.0 Å². The van der Waals surface area contributed by atoms with E-state index in [1.165, 1.54) is 22.3 Å². The van der Waals surface area contributed by atoms with Gasteiger partial charge in [0.25, 0.3) is 0 Å². The molecule has 16 heavy (non-hydrogen) atoms. The van der Waals surface area contributed by atoms with Gasteiger partial charge in [0.05, 0.1) is 0 Å². The molecule has 0 saturated carbocycles. The van der Waals surface area contributed by atoms with Crippen LogP contribution in [0.25, 0.3) is 0 Å². The van der Waals surface area contributed by atoms with E-state index >= 15 is 0 Å².